The van der Waals surface area contributed by atoms with E-state index in [1.807, 2.05) is 0 Å². The van der Waals surface area contributed by atoms with Crippen LogP contribution in [0.25, 0.3) is 0 Å². The minimum absolute atomic E-state index is 0.292. The number of carbonyl (C=O) groups is 3. The third-order valence-electron chi connectivity index (χ3n) is 4.85. The van der Waals surface area contributed by atoms with Crippen molar-refractivity contribution in [2.75, 3.05) is 14.2 Å². The van der Waals surface area contributed by atoms with Crippen LogP contribution in [0, 0.1) is 11.8 Å². The van der Waals surface area contributed by atoms with Crippen LogP contribution in [-0.2, 0) is 19.1 Å². The van der Waals surface area contributed by atoms with E-state index >= 15 is 0 Å². The molecule has 0 aliphatic carbocycles. The molecule has 23 heavy (non-hydrogen) atoms. The molecule has 1 aromatic rings. The van der Waals surface area contributed by atoms with Gasteiger partial charge in [-0.15, -0.1) is 0 Å². The fourth-order valence-electron chi connectivity index (χ4n) is 3.64. The first kappa shape index (κ1) is 16.0. The molecular formula is C16H17ClN2O4. The molecule has 2 aliphatic rings. The zero-order valence-electron chi connectivity index (χ0n) is 13.0. The van der Waals surface area contributed by atoms with Crippen molar-refractivity contribution in [1.82, 2.24) is 10.2 Å². The fourth-order valence-corrected chi connectivity index (χ4v) is 3.77. The lowest BCUT2D eigenvalue weighted by Crippen LogP contribution is -2.53. The van der Waals surface area contributed by atoms with E-state index in [1.54, 1.807) is 31.2 Å². The van der Waals surface area contributed by atoms with Crippen molar-refractivity contribution >= 4 is 29.4 Å². The summed E-state index contributed by atoms with van der Waals surface area (Å²) in [5, 5.41) is 3.73. The third kappa shape index (κ3) is 2.16. The van der Waals surface area contributed by atoms with Gasteiger partial charge in [0.1, 0.15) is 5.54 Å². The van der Waals surface area contributed by atoms with Crippen LogP contribution >= 0.6 is 11.6 Å². The Morgan fingerprint density at radius 3 is 2.43 bits per heavy atom. The molecule has 1 aromatic carbocycles. The largest absolute Gasteiger partial charge is 0.468 e. The van der Waals surface area contributed by atoms with Gasteiger partial charge in [-0.05, 0) is 24.6 Å². The average molecular weight is 337 g/mol. The molecular weight excluding hydrogens is 320 g/mol. The predicted octanol–water partition coefficient (Wildman–Crippen LogP) is 1.15. The molecule has 3 rings (SSSR count). The Morgan fingerprint density at radius 1 is 1.26 bits per heavy atom. The first-order valence-electron chi connectivity index (χ1n) is 7.24. The van der Waals surface area contributed by atoms with E-state index in [9.17, 15) is 14.4 Å². The zero-order chi connectivity index (χ0) is 16.9. The molecule has 2 saturated heterocycles. The monoisotopic (exact) mass is 336 g/mol. The van der Waals surface area contributed by atoms with Gasteiger partial charge in [-0.1, -0.05) is 23.7 Å². The van der Waals surface area contributed by atoms with Crippen molar-refractivity contribution < 1.29 is 19.1 Å². The molecule has 1 N–H and O–H groups in total. The second kappa shape index (κ2) is 5.32. The molecule has 2 heterocycles. The van der Waals surface area contributed by atoms with E-state index in [0.29, 0.717) is 5.02 Å². The molecule has 4 unspecified atom stereocenters. The van der Waals surface area contributed by atoms with E-state index in [4.69, 9.17) is 16.3 Å². The molecule has 0 radical (unpaired) electrons. The molecule has 0 spiro atoms. The van der Waals surface area contributed by atoms with Crippen LogP contribution < -0.4 is 5.32 Å². The quantitative estimate of drug-likeness (QED) is 0.647. The Morgan fingerprint density at radius 2 is 1.87 bits per heavy atom. The number of likely N-dealkylation sites (tertiary alicyclic amines) is 1. The molecule has 0 saturated carbocycles. The number of hydrogen-bond donors (Lipinski definition) is 1. The Hall–Kier alpha value is -1.92. The number of nitrogens with one attached hydrogen (secondary N) is 1. The van der Waals surface area contributed by atoms with Gasteiger partial charge in [-0.25, -0.2) is 0 Å². The van der Waals surface area contributed by atoms with Crippen molar-refractivity contribution in [3.05, 3.63) is 34.9 Å². The Bertz CT molecular complexity index is 690. The lowest BCUT2D eigenvalue weighted by atomic mass is 9.80. The van der Waals surface area contributed by atoms with Gasteiger partial charge in [0.15, 0.2) is 0 Å². The molecule has 4 atom stereocenters. The topological polar surface area (TPSA) is 75.7 Å². The van der Waals surface area contributed by atoms with E-state index in [-0.39, 0.29) is 11.8 Å². The highest BCUT2D eigenvalue weighted by atomic mass is 35.5. The van der Waals surface area contributed by atoms with E-state index < -0.39 is 29.4 Å². The smallest absolute Gasteiger partial charge is 0.326 e. The van der Waals surface area contributed by atoms with Crippen LogP contribution in [0.5, 0.6) is 0 Å². The maximum absolute atomic E-state index is 12.5. The minimum atomic E-state index is -1.25. The number of benzene rings is 1. The van der Waals surface area contributed by atoms with E-state index in [2.05, 4.69) is 5.32 Å². The number of halogens is 1. The number of carbonyl (C=O) groups excluding carboxylic acids is 3. The SMILES string of the molecule is COC(=O)C1(C)NC(c2ccc(Cl)cc2)C2C(=O)N(C)C(=O)C21. The number of hydrogen-bond acceptors (Lipinski definition) is 5. The molecule has 0 bridgehead atoms. The van der Waals surface area contributed by atoms with Crippen molar-refractivity contribution in [1.29, 1.82) is 0 Å². The highest BCUT2D eigenvalue weighted by molar-refractivity contribution is 6.30. The third-order valence-corrected chi connectivity index (χ3v) is 5.10. The molecule has 122 valence electrons. The number of fused-ring (bicyclic) bond motifs is 1. The van der Waals surface area contributed by atoms with Crippen LogP contribution in [0.1, 0.15) is 18.5 Å². The maximum atomic E-state index is 12.5. The summed E-state index contributed by atoms with van der Waals surface area (Å²) in [7, 11) is 2.71. The summed E-state index contributed by atoms with van der Waals surface area (Å²) in [5.41, 5.74) is -0.449. The van der Waals surface area contributed by atoms with Crippen molar-refractivity contribution in [3.63, 3.8) is 0 Å². The van der Waals surface area contributed by atoms with E-state index in [0.717, 1.165) is 10.5 Å². The highest BCUT2D eigenvalue weighted by Gasteiger charge is 2.66. The fraction of sp³-hybridized carbons (Fsp3) is 0.438. The number of esters is 1. The lowest BCUT2D eigenvalue weighted by molar-refractivity contribution is -0.152. The molecule has 0 aromatic heterocycles. The van der Waals surface area contributed by atoms with Gasteiger partial charge in [0.25, 0.3) is 0 Å². The van der Waals surface area contributed by atoms with Crippen molar-refractivity contribution in [2.24, 2.45) is 11.8 Å². The summed E-state index contributed by atoms with van der Waals surface area (Å²) < 4.78 is 4.86. The molecule has 2 fully saturated rings. The normalized spacial score (nSPS) is 33.0. The van der Waals surface area contributed by atoms with Gasteiger partial charge in [0.05, 0.1) is 18.9 Å². The highest BCUT2D eigenvalue weighted by Crippen LogP contribution is 2.48. The molecule has 6 nitrogen and oxygen atoms in total. The lowest BCUT2D eigenvalue weighted by Gasteiger charge is -2.27. The Labute approximate surface area is 138 Å². The van der Waals surface area contributed by atoms with Crippen molar-refractivity contribution in [3.8, 4) is 0 Å². The summed E-state index contributed by atoms with van der Waals surface area (Å²) in [6.45, 7) is 1.61. The van der Waals surface area contributed by atoms with Gasteiger partial charge in [0, 0.05) is 18.1 Å². The Kier molecular flexibility index (Phi) is 3.69. The maximum Gasteiger partial charge on any atom is 0.326 e. The van der Waals surface area contributed by atoms with Gasteiger partial charge >= 0.3 is 5.97 Å². The summed E-state index contributed by atoms with van der Waals surface area (Å²) in [4.78, 5) is 38.4. The molecule has 2 amide bonds. The standard InChI is InChI=1S/C16H17ClN2O4/c1-16(15(22)23-3)11-10(13(20)19(2)14(11)21)12(18-16)8-4-6-9(17)7-5-8/h4-7,10-12,18H,1-3H3. The Balaban J connectivity index is 2.09. The average Bonchev–Trinajstić information content (AvgIpc) is 2.97. The minimum Gasteiger partial charge on any atom is -0.468 e. The number of ether oxygens (including phenoxy) is 1. The number of amides is 2. The van der Waals surface area contributed by atoms with Crippen LogP contribution in [0.3, 0.4) is 0 Å². The van der Waals surface area contributed by atoms with Gasteiger partial charge < -0.3 is 4.74 Å². The number of rotatable bonds is 2. The summed E-state index contributed by atoms with van der Waals surface area (Å²) in [5.74, 6) is -2.64. The first-order valence-corrected chi connectivity index (χ1v) is 7.62. The molecule has 7 heteroatoms. The summed E-state index contributed by atoms with van der Waals surface area (Å²) in [6.07, 6.45) is 0. The predicted molar refractivity (Wildman–Crippen MR) is 82.5 cm³/mol. The summed E-state index contributed by atoms with van der Waals surface area (Å²) in [6, 6.07) is 6.55. The van der Waals surface area contributed by atoms with Gasteiger partial charge in [-0.2, -0.15) is 0 Å². The second-order valence-electron chi connectivity index (χ2n) is 6.11. The zero-order valence-corrected chi connectivity index (χ0v) is 13.8. The van der Waals surface area contributed by atoms with E-state index in [1.165, 1.54) is 14.2 Å². The number of imide groups is 1. The number of methoxy groups -OCH3 is 1. The van der Waals surface area contributed by atoms with Gasteiger partial charge in [-0.3, -0.25) is 24.6 Å². The van der Waals surface area contributed by atoms with Gasteiger partial charge in [0.2, 0.25) is 11.8 Å². The number of nitrogens with zero attached hydrogens (tertiary/aromatic N) is 1. The van der Waals surface area contributed by atoms with Crippen LogP contribution in [0.15, 0.2) is 24.3 Å². The van der Waals surface area contributed by atoms with Crippen LogP contribution in [-0.4, -0.2) is 42.4 Å². The van der Waals surface area contributed by atoms with Crippen LogP contribution in [0.2, 0.25) is 5.02 Å². The summed E-state index contributed by atoms with van der Waals surface area (Å²) >= 11 is 5.91. The second-order valence-corrected chi connectivity index (χ2v) is 6.54. The first-order chi connectivity index (χ1) is 10.8. The molecule has 2 aliphatic heterocycles. The van der Waals surface area contributed by atoms with Crippen molar-refractivity contribution in [2.45, 2.75) is 18.5 Å². The van der Waals surface area contributed by atoms with Crippen LogP contribution in [0.4, 0.5) is 0 Å².